The average Bonchev–Trinajstić information content (AvgIpc) is 2.66. The first-order chi connectivity index (χ1) is 12.9. The molecule has 1 rings (SSSR count). The summed E-state index contributed by atoms with van der Waals surface area (Å²) in [5.74, 6) is 0.334. The van der Waals surface area contributed by atoms with Crippen molar-refractivity contribution < 1.29 is 0 Å². The molecule has 0 spiro atoms. The Balaban J connectivity index is 2.13. The maximum Gasteiger partial charge on any atom is 0.0655 e. The Bertz CT molecular complexity index is 293. The molecular weight excluding hydrogens is 314 g/mol. The van der Waals surface area contributed by atoms with Gasteiger partial charge in [0, 0.05) is 5.92 Å². The minimum absolute atomic E-state index is 0.334. The molecule has 1 fully saturated rings. The van der Waals surface area contributed by atoms with Crippen LogP contribution in [0.4, 0.5) is 0 Å². The van der Waals surface area contributed by atoms with E-state index in [1.165, 1.54) is 135 Å². The Kier molecular flexibility index (Phi) is 17.4. The smallest absolute Gasteiger partial charge is 0.0655 e. The topological polar surface area (TPSA) is 23.8 Å². The molecule has 152 valence electrons. The lowest BCUT2D eigenvalue weighted by molar-refractivity contribution is 0.466. The highest BCUT2D eigenvalue weighted by atomic mass is 14.3. The van der Waals surface area contributed by atoms with E-state index in [2.05, 4.69) is 6.07 Å². The molecule has 0 aromatic heterocycles. The van der Waals surface area contributed by atoms with Crippen molar-refractivity contribution in [2.24, 2.45) is 5.92 Å². The van der Waals surface area contributed by atoms with Gasteiger partial charge in [0.1, 0.15) is 0 Å². The summed E-state index contributed by atoms with van der Waals surface area (Å²) in [5.41, 5.74) is 0. The number of rotatable bonds is 0. The Labute approximate surface area is 165 Å². The van der Waals surface area contributed by atoms with Gasteiger partial charge in [-0.2, -0.15) is 5.26 Å². The Morgan fingerprint density at radius 3 is 0.731 bits per heavy atom. The van der Waals surface area contributed by atoms with Crippen molar-refractivity contribution in [2.75, 3.05) is 0 Å². The van der Waals surface area contributed by atoms with Crippen LogP contribution in [-0.4, -0.2) is 0 Å². The minimum Gasteiger partial charge on any atom is -0.198 e. The molecule has 26 heavy (non-hydrogen) atoms. The largest absolute Gasteiger partial charge is 0.198 e. The fraction of sp³-hybridized carbons (Fsp3) is 0.960. The molecule has 1 aliphatic carbocycles. The fourth-order valence-corrected chi connectivity index (χ4v) is 4.41. The van der Waals surface area contributed by atoms with Crippen molar-refractivity contribution in [3.8, 4) is 6.07 Å². The summed E-state index contributed by atoms with van der Waals surface area (Å²) < 4.78 is 0. The van der Waals surface area contributed by atoms with Crippen LogP contribution in [0.1, 0.15) is 148 Å². The van der Waals surface area contributed by atoms with Crippen LogP contribution in [0.25, 0.3) is 0 Å². The molecule has 0 aromatic rings. The molecule has 1 saturated carbocycles. The van der Waals surface area contributed by atoms with Crippen LogP contribution in [0, 0.1) is 17.2 Å². The summed E-state index contributed by atoms with van der Waals surface area (Å²) >= 11 is 0. The highest BCUT2D eigenvalue weighted by Crippen LogP contribution is 2.20. The number of hydrogen-bond donors (Lipinski definition) is 0. The van der Waals surface area contributed by atoms with Crippen LogP contribution in [0.2, 0.25) is 0 Å². The van der Waals surface area contributed by atoms with Gasteiger partial charge in [-0.1, -0.05) is 135 Å². The molecule has 1 aliphatic rings. The quantitative estimate of drug-likeness (QED) is 0.422. The predicted octanol–water partition coefficient (Wildman–Crippen LogP) is 9.11. The predicted molar refractivity (Wildman–Crippen MR) is 115 cm³/mol. The summed E-state index contributed by atoms with van der Waals surface area (Å²) in [7, 11) is 0. The fourth-order valence-electron chi connectivity index (χ4n) is 4.41. The van der Waals surface area contributed by atoms with Crippen molar-refractivity contribution in [1.29, 1.82) is 5.26 Å². The van der Waals surface area contributed by atoms with E-state index >= 15 is 0 Å². The number of nitrogens with zero attached hydrogens (tertiary/aromatic N) is 1. The molecule has 0 unspecified atom stereocenters. The maximum absolute atomic E-state index is 9.35. The second-order valence-corrected chi connectivity index (χ2v) is 8.83. The summed E-state index contributed by atoms with van der Waals surface area (Å²) in [6, 6.07) is 2.56. The molecule has 0 radical (unpaired) electrons. The second-order valence-electron chi connectivity index (χ2n) is 8.83. The highest BCUT2D eigenvalue weighted by molar-refractivity contribution is 4.82. The summed E-state index contributed by atoms with van der Waals surface area (Å²) in [6.45, 7) is 0. The molecule has 0 amide bonds. The van der Waals surface area contributed by atoms with Crippen LogP contribution >= 0.6 is 0 Å². The van der Waals surface area contributed by atoms with Gasteiger partial charge in [0.05, 0.1) is 6.07 Å². The van der Waals surface area contributed by atoms with Gasteiger partial charge in [0.2, 0.25) is 0 Å². The van der Waals surface area contributed by atoms with Crippen LogP contribution < -0.4 is 0 Å². The number of nitriles is 1. The highest BCUT2D eigenvalue weighted by Gasteiger charge is 2.06. The zero-order chi connectivity index (χ0) is 18.5. The van der Waals surface area contributed by atoms with Gasteiger partial charge >= 0.3 is 0 Å². The molecule has 0 saturated heterocycles. The first-order valence-corrected chi connectivity index (χ1v) is 12.3. The molecule has 0 bridgehead atoms. The van der Waals surface area contributed by atoms with E-state index in [1.807, 2.05) is 0 Å². The van der Waals surface area contributed by atoms with Crippen LogP contribution in [0.5, 0.6) is 0 Å². The van der Waals surface area contributed by atoms with Gasteiger partial charge in [0.15, 0.2) is 0 Å². The molecular formula is C25H47N. The van der Waals surface area contributed by atoms with Crippen molar-refractivity contribution in [3.05, 3.63) is 0 Å². The lowest BCUT2D eigenvalue weighted by Crippen LogP contribution is -1.97. The number of hydrogen-bond acceptors (Lipinski definition) is 1. The molecule has 0 N–H and O–H groups in total. The molecule has 0 atom stereocenters. The van der Waals surface area contributed by atoms with Crippen LogP contribution in [0.3, 0.4) is 0 Å². The van der Waals surface area contributed by atoms with Gasteiger partial charge < -0.3 is 0 Å². The summed E-state index contributed by atoms with van der Waals surface area (Å²) in [4.78, 5) is 0. The minimum atomic E-state index is 0.334. The van der Waals surface area contributed by atoms with E-state index in [0.29, 0.717) is 5.92 Å². The van der Waals surface area contributed by atoms with E-state index in [1.54, 1.807) is 0 Å². The van der Waals surface area contributed by atoms with Crippen LogP contribution in [0.15, 0.2) is 0 Å². The van der Waals surface area contributed by atoms with Gasteiger partial charge in [0.25, 0.3) is 0 Å². The Morgan fingerprint density at radius 1 is 0.346 bits per heavy atom. The molecule has 1 heteroatoms. The Hall–Kier alpha value is -0.510. The Morgan fingerprint density at radius 2 is 0.538 bits per heavy atom. The normalized spacial score (nSPS) is 23.5. The SMILES string of the molecule is N#CC1CCCCCCCCCCCCCCCCCCCCCCC1. The van der Waals surface area contributed by atoms with Gasteiger partial charge in [-0.25, -0.2) is 0 Å². The third kappa shape index (κ3) is 15.7. The van der Waals surface area contributed by atoms with E-state index < -0.39 is 0 Å². The van der Waals surface area contributed by atoms with E-state index in [4.69, 9.17) is 0 Å². The lowest BCUT2D eigenvalue weighted by Gasteiger charge is -2.09. The van der Waals surface area contributed by atoms with Crippen molar-refractivity contribution in [3.63, 3.8) is 0 Å². The lowest BCUT2D eigenvalue weighted by atomic mass is 9.95. The van der Waals surface area contributed by atoms with E-state index in [-0.39, 0.29) is 0 Å². The van der Waals surface area contributed by atoms with Crippen molar-refractivity contribution in [1.82, 2.24) is 0 Å². The third-order valence-corrected chi connectivity index (χ3v) is 6.29. The maximum atomic E-state index is 9.35. The van der Waals surface area contributed by atoms with Crippen molar-refractivity contribution >= 4 is 0 Å². The first kappa shape index (κ1) is 23.5. The van der Waals surface area contributed by atoms with Gasteiger partial charge in [-0.15, -0.1) is 0 Å². The summed E-state index contributed by atoms with van der Waals surface area (Å²) in [5, 5.41) is 9.35. The molecule has 0 aromatic carbocycles. The standard InChI is InChI=1S/C25H47N/c26-24-25-22-20-18-16-14-12-10-8-6-4-2-1-3-5-7-9-11-13-15-17-19-21-23-25/h25H,1-23H2. The zero-order valence-corrected chi connectivity index (χ0v) is 17.8. The van der Waals surface area contributed by atoms with Crippen molar-refractivity contribution in [2.45, 2.75) is 148 Å². The molecule has 1 nitrogen and oxygen atoms in total. The monoisotopic (exact) mass is 361 g/mol. The van der Waals surface area contributed by atoms with Gasteiger partial charge in [-0.05, 0) is 12.8 Å². The van der Waals surface area contributed by atoms with E-state index in [9.17, 15) is 5.26 Å². The molecule has 0 aliphatic heterocycles. The third-order valence-electron chi connectivity index (χ3n) is 6.29. The second kappa shape index (κ2) is 19.3. The van der Waals surface area contributed by atoms with E-state index in [0.717, 1.165) is 12.8 Å². The average molecular weight is 362 g/mol. The zero-order valence-electron chi connectivity index (χ0n) is 17.8. The first-order valence-electron chi connectivity index (χ1n) is 12.3. The molecule has 0 heterocycles. The van der Waals surface area contributed by atoms with Gasteiger partial charge in [-0.3, -0.25) is 0 Å². The van der Waals surface area contributed by atoms with Crippen LogP contribution in [-0.2, 0) is 0 Å². The summed E-state index contributed by atoms with van der Waals surface area (Å²) in [6.07, 6.45) is 32.1.